The molecule has 0 saturated carbocycles. The van der Waals surface area contributed by atoms with Crippen LogP contribution in [0.4, 0.5) is 4.79 Å². The number of carboxylic acids is 1. The van der Waals surface area contributed by atoms with Crippen molar-refractivity contribution >= 4 is 18.0 Å². The molecular formula is C25H30N2O6. The van der Waals surface area contributed by atoms with Gasteiger partial charge >= 0.3 is 12.1 Å². The van der Waals surface area contributed by atoms with Gasteiger partial charge in [-0.05, 0) is 36.1 Å². The number of benzene rings is 2. The van der Waals surface area contributed by atoms with Crippen LogP contribution in [0.2, 0.25) is 0 Å². The van der Waals surface area contributed by atoms with Crippen molar-refractivity contribution in [3.05, 3.63) is 59.7 Å². The Morgan fingerprint density at radius 1 is 1.03 bits per heavy atom. The molecule has 3 N–H and O–H groups in total. The number of hydrogen-bond donors (Lipinski definition) is 3. The molecule has 8 nitrogen and oxygen atoms in total. The van der Waals surface area contributed by atoms with Crippen molar-refractivity contribution in [2.24, 2.45) is 0 Å². The number of methoxy groups -OCH3 is 1. The van der Waals surface area contributed by atoms with Gasteiger partial charge in [0.1, 0.15) is 12.6 Å². The molecular weight excluding hydrogens is 424 g/mol. The Kier molecular flexibility index (Phi) is 7.71. The van der Waals surface area contributed by atoms with E-state index in [4.69, 9.17) is 9.47 Å². The van der Waals surface area contributed by atoms with Crippen LogP contribution in [0, 0.1) is 0 Å². The average molecular weight is 455 g/mol. The minimum Gasteiger partial charge on any atom is -0.480 e. The number of amides is 2. The Labute approximate surface area is 193 Å². The molecule has 0 bridgehead atoms. The second kappa shape index (κ2) is 10.5. The van der Waals surface area contributed by atoms with Crippen LogP contribution in [0.3, 0.4) is 0 Å². The van der Waals surface area contributed by atoms with Crippen LogP contribution in [-0.4, -0.2) is 55.0 Å². The first kappa shape index (κ1) is 24.3. The summed E-state index contributed by atoms with van der Waals surface area (Å²) < 4.78 is 10.7. The van der Waals surface area contributed by atoms with Crippen LogP contribution < -0.4 is 10.6 Å². The molecule has 2 amide bonds. The number of fused-ring (bicyclic) bond motifs is 3. The van der Waals surface area contributed by atoms with E-state index in [9.17, 15) is 19.5 Å². The highest BCUT2D eigenvalue weighted by molar-refractivity contribution is 5.84. The number of aliphatic carboxylic acids is 1. The van der Waals surface area contributed by atoms with Crippen molar-refractivity contribution < 1.29 is 29.0 Å². The van der Waals surface area contributed by atoms with E-state index in [0.29, 0.717) is 0 Å². The summed E-state index contributed by atoms with van der Waals surface area (Å²) in [4.78, 5) is 35.8. The average Bonchev–Trinajstić information content (AvgIpc) is 3.11. The van der Waals surface area contributed by atoms with Gasteiger partial charge in [0.25, 0.3) is 0 Å². The fourth-order valence-electron chi connectivity index (χ4n) is 3.97. The van der Waals surface area contributed by atoms with Crippen molar-refractivity contribution in [3.8, 4) is 11.1 Å². The third-order valence-electron chi connectivity index (χ3n) is 5.85. The van der Waals surface area contributed by atoms with E-state index in [0.717, 1.165) is 22.3 Å². The summed E-state index contributed by atoms with van der Waals surface area (Å²) in [6.07, 6.45) is -0.578. The second-order valence-electron chi connectivity index (χ2n) is 8.63. The minimum atomic E-state index is -1.14. The third-order valence-corrected chi connectivity index (χ3v) is 5.85. The van der Waals surface area contributed by atoms with Crippen LogP contribution >= 0.6 is 0 Å². The molecule has 0 heterocycles. The topological polar surface area (TPSA) is 114 Å². The molecule has 176 valence electrons. The maximum absolute atomic E-state index is 12.2. The van der Waals surface area contributed by atoms with Crippen molar-refractivity contribution in [3.63, 3.8) is 0 Å². The van der Waals surface area contributed by atoms with Crippen LogP contribution in [0.5, 0.6) is 0 Å². The van der Waals surface area contributed by atoms with Crippen molar-refractivity contribution in [2.75, 3.05) is 20.3 Å². The van der Waals surface area contributed by atoms with E-state index >= 15 is 0 Å². The molecule has 8 heteroatoms. The lowest BCUT2D eigenvalue weighted by molar-refractivity contribution is -0.144. The number of ether oxygens (including phenoxy) is 2. The summed E-state index contributed by atoms with van der Waals surface area (Å²) in [5, 5.41) is 14.4. The van der Waals surface area contributed by atoms with Gasteiger partial charge in [-0.25, -0.2) is 9.59 Å². The first-order chi connectivity index (χ1) is 15.7. The highest BCUT2D eigenvalue weighted by Crippen LogP contribution is 2.44. The number of alkyl carbamates (subject to hydrolysis) is 1. The summed E-state index contributed by atoms with van der Waals surface area (Å²) in [6, 6.07) is 15.0. The van der Waals surface area contributed by atoms with Crippen LogP contribution in [0.25, 0.3) is 11.1 Å². The lowest BCUT2D eigenvalue weighted by Gasteiger charge is -2.26. The molecule has 1 unspecified atom stereocenters. The van der Waals surface area contributed by atoms with Crippen molar-refractivity contribution in [1.29, 1.82) is 0 Å². The third kappa shape index (κ3) is 6.10. The molecule has 0 saturated heterocycles. The van der Waals surface area contributed by atoms with Gasteiger partial charge in [0, 0.05) is 32.4 Å². The second-order valence-corrected chi connectivity index (χ2v) is 8.63. The predicted octanol–water partition coefficient (Wildman–Crippen LogP) is 3.30. The molecule has 0 fully saturated rings. The van der Waals surface area contributed by atoms with Gasteiger partial charge in [0.05, 0.1) is 5.60 Å². The Morgan fingerprint density at radius 2 is 1.61 bits per heavy atom. The Hall–Kier alpha value is -3.39. The van der Waals surface area contributed by atoms with Gasteiger partial charge in [0.2, 0.25) is 5.91 Å². The molecule has 1 aliphatic carbocycles. The maximum Gasteiger partial charge on any atom is 0.407 e. The quantitative estimate of drug-likeness (QED) is 0.508. The van der Waals surface area contributed by atoms with Crippen LogP contribution in [-0.2, 0) is 19.1 Å². The van der Waals surface area contributed by atoms with Gasteiger partial charge < -0.3 is 25.2 Å². The van der Waals surface area contributed by atoms with E-state index < -0.39 is 29.6 Å². The van der Waals surface area contributed by atoms with E-state index in [1.807, 2.05) is 36.4 Å². The van der Waals surface area contributed by atoms with E-state index in [1.165, 1.54) is 7.11 Å². The zero-order valence-corrected chi connectivity index (χ0v) is 19.1. The first-order valence-electron chi connectivity index (χ1n) is 10.9. The highest BCUT2D eigenvalue weighted by Gasteiger charge is 2.30. The molecule has 1 aliphatic rings. The van der Waals surface area contributed by atoms with Crippen LogP contribution in [0.15, 0.2) is 48.5 Å². The standard InChI is InChI=1S/C25H30N2O6/c1-25(2,32-3)14-21(23(29)30)27-22(28)12-13-26-24(31)33-15-20-18-10-6-4-8-16(18)17-9-5-7-11-19(17)20/h4-11,20-21H,12-15H2,1-3H3,(H,26,31)(H,27,28)(H,29,30). The van der Waals surface area contributed by atoms with E-state index in [1.54, 1.807) is 13.8 Å². The fourth-order valence-corrected chi connectivity index (χ4v) is 3.97. The molecule has 3 rings (SSSR count). The zero-order chi connectivity index (χ0) is 24.0. The van der Waals surface area contributed by atoms with Crippen molar-refractivity contribution in [1.82, 2.24) is 10.6 Å². The Bertz CT molecular complexity index is 974. The van der Waals surface area contributed by atoms with Crippen LogP contribution in [0.1, 0.15) is 43.7 Å². The predicted molar refractivity (Wildman–Crippen MR) is 123 cm³/mol. The molecule has 0 radical (unpaired) electrons. The number of carboxylic acid groups (broad SMARTS) is 1. The summed E-state index contributed by atoms with van der Waals surface area (Å²) in [5.74, 6) is -1.67. The zero-order valence-electron chi connectivity index (χ0n) is 19.1. The molecule has 2 aromatic rings. The Morgan fingerprint density at radius 3 is 2.15 bits per heavy atom. The van der Waals surface area contributed by atoms with Gasteiger partial charge in [0.15, 0.2) is 0 Å². The molecule has 33 heavy (non-hydrogen) atoms. The largest absolute Gasteiger partial charge is 0.480 e. The lowest BCUT2D eigenvalue weighted by Crippen LogP contribution is -2.46. The van der Waals surface area contributed by atoms with Crippen molar-refractivity contribution in [2.45, 2.75) is 44.2 Å². The molecule has 0 aromatic heterocycles. The van der Waals surface area contributed by atoms with Gasteiger partial charge in [-0.3, -0.25) is 4.79 Å². The van der Waals surface area contributed by atoms with Gasteiger partial charge in [-0.1, -0.05) is 48.5 Å². The number of carbonyl (C=O) groups is 3. The molecule has 1 atom stereocenters. The number of hydrogen-bond acceptors (Lipinski definition) is 5. The molecule has 2 aromatic carbocycles. The lowest BCUT2D eigenvalue weighted by atomic mass is 9.98. The SMILES string of the molecule is COC(C)(C)CC(NC(=O)CCNC(=O)OCC1c2ccccc2-c2ccccc21)C(=O)O. The Balaban J connectivity index is 1.47. The minimum absolute atomic E-state index is 0.0303. The monoisotopic (exact) mass is 454 g/mol. The summed E-state index contributed by atoms with van der Waals surface area (Å²) in [7, 11) is 1.49. The number of nitrogens with one attached hydrogen (secondary N) is 2. The number of carbonyl (C=O) groups excluding carboxylic acids is 2. The van der Waals surface area contributed by atoms with Gasteiger partial charge in [-0.15, -0.1) is 0 Å². The number of rotatable bonds is 10. The summed E-state index contributed by atoms with van der Waals surface area (Å²) in [6.45, 7) is 3.70. The highest BCUT2D eigenvalue weighted by atomic mass is 16.5. The molecule has 0 spiro atoms. The van der Waals surface area contributed by atoms with E-state index in [-0.39, 0.29) is 31.9 Å². The normalized spacial score (nSPS) is 13.5. The van der Waals surface area contributed by atoms with Gasteiger partial charge in [-0.2, -0.15) is 0 Å². The summed E-state index contributed by atoms with van der Waals surface area (Å²) >= 11 is 0. The maximum atomic E-state index is 12.2. The molecule has 0 aliphatic heterocycles. The fraction of sp³-hybridized carbons (Fsp3) is 0.400. The first-order valence-corrected chi connectivity index (χ1v) is 10.9. The smallest absolute Gasteiger partial charge is 0.407 e. The summed E-state index contributed by atoms with van der Waals surface area (Å²) in [5.41, 5.74) is 3.82. The van der Waals surface area contributed by atoms with E-state index in [2.05, 4.69) is 22.8 Å².